The fourth-order valence-electron chi connectivity index (χ4n) is 0.385. The van der Waals surface area contributed by atoms with Crippen LogP contribution in [0.15, 0.2) is 36.4 Å². The Morgan fingerprint density at radius 3 is 0.889 bits per heavy atom. The molecular weight excluding hydrogens is 110 g/mol. The summed E-state index contributed by atoms with van der Waals surface area (Å²) in [6.45, 7) is 0. The summed E-state index contributed by atoms with van der Waals surface area (Å²) in [5, 5.41) is 2.75. The lowest BCUT2D eigenvalue weighted by Crippen LogP contribution is -1.89. The summed E-state index contributed by atoms with van der Waals surface area (Å²) in [6.07, 6.45) is 0. The van der Waals surface area contributed by atoms with Crippen LogP contribution in [0.1, 0.15) is 0 Å². The molecule has 0 aliphatic carbocycles. The van der Waals surface area contributed by atoms with Crippen molar-refractivity contribution in [2.24, 2.45) is 0 Å². The average molecular weight is 123 g/mol. The quantitative estimate of drug-likeness (QED) is 0.551. The number of hydrogen-bond acceptors (Lipinski definition) is 1. The fourth-order valence-corrected chi connectivity index (χ4v) is 0.385. The van der Waals surface area contributed by atoms with Gasteiger partial charge in [-0.3, -0.25) is 0 Å². The van der Waals surface area contributed by atoms with E-state index in [0.717, 1.165) is 0 Å². The van der Waals surface area contributed by atoms with Gasteiger partial charge < -0.3 is 5.32 Å². The molecule has 0 spiro atoms. The Bertz CT molecular complexity index is 87.4. The third-order valence-electron chi connectivity index (χ3n) is 0.667. The summed E-state index contributed by atoms with van der Waals surface area (Å²) in [5.41, 5.74) is 0. The molecule has 1 nitrogen and oxygen atoms in total. The largest absolute Gasteiger partial charge is 0.323 e. The first-order valence-electron chi connectivity index (χ1n) is 3.00. The summed E-state index contributed by atoms with van der Waals surface area (Å²) in [7, 11) is 3.75. The Balaban J connectivity index is 0.000000187. The molecule has 0 heterocycles. The lowest BCUT2D eigenvalue weighted by atomic mass is 10.4. The molecule has 0 saturated heterocycles. The van der Waals surface area contributed by atoms with Crippen molar-refractivity contribution < 1.29 is 0 Å². The lowest BCUT2D eigenvalue weighted by molar-refractivity contribution is 1.02. The Kier molecular flexibility index (Phi) is 6.53. The Labute approximate surface area is 56.7 Å². The van der Waals surface area contributed by atoms with Crippen LogP contribution in [0, 0.1) is 0 Å². The number of hydrogen-bond donors (Lipinski definition) is 1. The third-order valence-corrected chi connectivity index (χ3v) is 0.667. The maximum absolute atomic E-state index is 2.75. The van der Waals surface area contributed by atoms with E-state index in [1.54, 1.807) is 0 Å². The number of nitrogens with one attached hydrogen (secondary N) is 1. The molecule has 1 aromatic rings. The van der Waals surface area contributed by atoms with Gasteiger partial charge >= 0.3 is 0 Å². The molecule has 1 rings (SSSR count). The second-order valence-electron chi connectivity index (χ2n) is 1.65. The first-order chi connectivity index (χ1) is 4.41. The van der Waals surface area contributed by atoms with E-state index in [4.69, 9.17) is 0 Å². The summed E-state index contributed by atoms with van der Waals surface area (Å²) in [4.78, 5) is 0. The van der Waals surface area contributed by atoms with E-state index in [-0.39, 0.29) is 0 Å². The topological polar surface area (TPSA) is 12.0 Å². The highest BCUT2D eigenvalue weighted by molar-refractivity contribution is 4.99. The van der Waals surface area contributed by atoms with Crippen molar-refractivity contribution in [2.75, 3.05) is 14.1 Å². The van der Waals surface area contributed by atoms with E-state index in [2.05, 4.69) is 5.32 Å². The van der Waals surface area contributed by atoms with Crippen LogP contribution in [0.4, 0.5) is 0 Å². The highest BCUT2D eigenvalue weighted by atomic mass is 14.7. The first kappa shape index (κ1) is 8.18. The highest BCUT2D eigenvalue weighted by Gasteiger charge is 1.57. The van der Waals surface area contributed by atoms with Crippen molar-refractivity contribution >= 4 is 0 Å². The van der Waals surface area contributed by atoms with Gasteiger partial charge in [0.2, 0.25) is 0 Å². The van der Waals surface area contributed by atoms with Crippen molar-refractivity contribution in [2.45, 2.75) is 0 Å². The first-order valence-corrected chi connectivity index (χ1v) is 3.00. The molecule has 1 heteroatoms. The molecule has 0 unspecified atom stereocenters. The van der Waals surface area contributed by atoms with Gasteiger partial charge in [-0.2, -0.15) is 0 Å². The van der Waals surface area contributed by atoms with Crippen LogP contribution in [0.2, 0.25) is 0 Å². The summed E-state index contributed by atoms with van der Waals surface area (Å²) in [5.74, 6) is 0. The summed E-state index contributed by atoms with van der Waals surface area (Å²) < 4.78 is 0. The minimum atomic E-state index is 1.88. The second-order valence-corrected chi connectivity index (χ2v) is 1.65. The van der Waals surface area contributed by atoms with Crippen molar-refractivity contribution in [3.8, 4) is 0 Å². The monoisotopic (exact) mass is 123 g/mol. The molecule has 9 heavy (non-hydrogen) atoms. The lowest BCUT2D eigenvalue weighted by Gasteiger charge is -1.69. The Morgan fingerprint density at radius 2 is 0.778 bits per heavy atom. The van der Waals surface area contributed by atoms with Gasteiger partial charge in [0.1, 0.15) is 0 Å². The average Bonchev–Trinajstić information content (AvgIpc) is 1.93. The zero-order valence-corrected chi connectivity index (χ0v) is 5.96. The van der Waals surface area contributed by atoms with E-state index in [0.29, 0.717) is 0 Å². The van der Waals surface area contributed by atoms with E-state index < -0.39 is 0 Å². The van der Waals surface area contributed by atoms with Gasteiger partial charge in [0.15, 0.2) is 0 Å². The van der Waals surface area contributed by atoms with E-state index in [1.165, 1.54) is 0 Å². The smallest absolute Gasteiger partial charge is 0.0167 e. The van der Waals surface area contributed by atoms with Crippen LogP contribution < -0.4 is 5.32 Å². The maximum Gasteiger partial charge on any atom is -0.0167 e. The van der Waals surface area contributed by atoms with E-state index >= 15 is 0 Å². The van der Waals surface area contributed by atoms with Crippen LogP contribution in [0.25, 0.3) is 0 Å². The fraction of sp³-hybridized carbons (Fsp3) is 0.250. The van der Waals surface area contributed by atoms with Gasteiger partial charge in [-0.05, 0) is 14.1 Å². The zero-order chi connectivity index (χ0) is 6.95. The van der Waals surface area contributed by atoms with Crippen LogP contribution in [-0.4, -0.2) is 14.1 Å². The van der Waals surface area contributed by atoms with Crippen LogP contribution in [-0.2, 0) is 0 Å². The third kappa shape index (κ3) is 7.18. The van der Waals surface area contributed by atoms with Gasteiger partial charge in [-0.25, -0.2) is 0 Å². The van der Waals surface area contributed by atoms with Gasteiger partial charge in [0, 0.05) is 0 Å². The van der Waals surface area contributed by atoms with Crippen molar-refractivity contribution in [3.05, 3.63) is 36.4 Å². The molecule has 0 fully saturated rings. The van der Waals surface area contributed by atoms with Gasteiger partial charge in [-0.1, -0.05) is 36.4 Å². The molecule has 0 aliphatic rings. The van der Waals surface area contributed by atoms with Gasteiger partial charge in [0.25, 0.3) is 0 Å². The standard InChI is InChI=1S/C6H6.C2H7N/c1-2-4-6-5-3-1;1-3-2/h1-6H;3H,1-2H3. The van der Waals surface area contributed by atoms with Crippen LogP contribution >= 0.6 is 0 Å². The Morgan fingerprint density at radius 1 is 0.667 bits per heavy atom. The zero-order valence-electron chi connectivity index (χ0n) is 5.96. The minimum absolute atomic E-state index is 1.88. The molecule has 0 aliphatic heterocycles. The second kappa shape index (κ2) is 7.18. The molecule has 0 atom stereocenters. The van der Waals surface area contributed by atoms with E-state index in [9.17, 15) is 0 Å². The van der Waals surface area contributed by atoms with Crippen LogP contribution in [0.5, 0.6) is 0 Å². The number of rotatable bonds is 0. The summed E-state index contributed by atoms with van der Waals surface area (Å²) in [6, 6.07) is 12.0. The molecule has 1 N–H and O–H groups in total. The van der Waals surface area contributed by atoms with Crippen molar-refractivity contribution in [3.63, 3.8) is 0 Å². The Hall–Kier alpha value is -0.820. The normalized spacial score (nSPS) is 7.33. The molecular formula is C8H13N. The van der Waals surface area contributed by atoms with Gasteiger partial charge in [-0.15, -0.1) is 0 Å². The number of benzene rings is 1. The molecule has 1 aromatic carbocycles. The highest BCUT2D eigenvalue weighted by Crippen LogP contribution is 1.79. The van der Waals surface area contributed by atoms with Crippen molar-refractivity contribution in [1.82, 2.24) is 5.32 Å². The van der Waals surface area contributed by atoms with Crippen LogP contribution in [0.3, 0.4) is 0 Å². The molecule has 0 amide bonds. The maximum atomic E-state index is 2.75. The SMILES string of the molecule is CNC.c1ccccc1. The van der Waals surface area contributed by atoms with Crippen molar-refractivity contribution in [1.29, 1.82) is 0 Å². The van der Waals surface area contributed by atoms with E-state index in [1.807, 2.05) is 50.5 Å². The van der Waals surface area contributed by atoms with Gasteiger partial charge in [0.05, 0.1) is 0 Å². The molecule has 50 valence electrons. The predicted octanol–water partition coefficient (Wildman–Crippen LogP) is 1.52. The minimum Gasteiger partial charge on any atom is -0.323 e. The predicted molar refractivity (Wildman–Crippen MR) is 41.4 cm³/mol. The summed E-state index contributed by atoms with van der Waals surface area (Å²) >= 11 is 0. The molecule has 0 saturated carbocycles. The molecule has 0 bridgehead atoms. The molecule has 0 aromatic heterocycles. The molecule has 0 radical (unpaired) electrons.